The van der Waals surface area contributed by atoms with Crippen LogP contribution in [-0.2, 0) is 16.1 Å². The predicted octanol–water partition coefficient (Wildman–Crippen LogP) is 2.19. The maximum atomic E-state index is 12.9. The van der Waals surface area contributed by atoms with Crippen molar-refractivity contribution in [2.45, 2.75) is 25.2 Å². The van der Waals surface area contributed by atoms with Crippen LogP contribution in [0, 0.1) is 0 Å². The molecule has 0 unspecified atom stereocenters. The molecule has 1 N–H and O–H groups in total. The third-order valence-corrected chi connectivity index (χ3v) is 3.18. The van der Waals surface area contributed by atoms with Crippen molar-refractivity contribution in [1.82, 2.24) is 5.32 Å². The summed E-state index contributed by atoms with van der Waals surface area (Å²) in [5.74, 6) is -0.381. The summed E-state index contributed by atoms with van der Waals surface area (Å²) >= 11 is 3.33. The lowest BCUT2D eigenvalue weighted by Crippen LogP contribution is -2.32. The molecule has 0 aliphatic carbocycles. The minimum absolute atomic E-state index is 0.208. The van der Waals surface area contributed by atoms with Gasteiger partial charge >= 0.3 is 5.97 Å². The lowest BCUT2D eigenvalue weighted by atomic mass is 10.2. The molecule has 5 heteroatoms. The number of alkyl halides is 1. The van der Waals surface area contributed by atoms with Gasteiger partial charge in [0.25, 0.3) is 0 Å². The van der Waals surface area contributed by atoms with Crippen LogP contribution in [0.25, 0.3) is 0 Å². The van der Waals surface area contributed by atoms with E-state index in [2.05, 4.69) is 21.2 Å². The first-order chi connectivity index (χ1) is 8.15. The summed E-state index contributed by atoms with van der Waals surface area (Å²) in [5, 5.41) is 2.79. The molecule has 2 atom stereocenters. The highest BCUT2D eigenvalue weighted by Gasteiger charge is 2.30. The van der Waals surface area contributed by atoms with Crippen molar-refractivity contribution in [3.05, 3.63) is 34.3 Å². The van der Waals surface area contributed by atoms with Gasteiger partial charge in [-0.05, 0) is 17.7 Å². The van der Waals surface area contributed by atoms with Gasteiger partial charge in [0.05, 0.1) is 0 Å². The quantitative estimate of drug-likeness (QED) is 0.870. The van der Waals surface area contributed by atoms with Crippen molar-refractivity contribution in [2.24, 2.45) is 0 Å². The Morgan fingerprint density at radius 3 is 2.76 bits per heavy atom. The van der Waals surface area contributed by atoms with Crippen LogP contribution in [0.1, 0.15) is 12.0 Å². The number of carbonyl (C=O) groups is 1. The maximum absolute atomic E-state index is 12.9. The molecular weight excluding hydrogens is 289 g/mol. The lowest BCUT2D eigenvalue weighted by molar-refractivity contribution is -0.147. The number of ether oxygens (including phenoxy) is 1. The second-order valence-corrected chi connectivity index (χ2v) is 4.94. The second-order valence-electron chi connectivity index (χ2n) is 4.03. The predicted molar refractivity (Wildman–Crippen MR) is 65.2 cm³/mol. The molecule has 0 amide bonds. The fraction of sp³-hybridized carbons (Fsp3) is 0.417. The highest BCUT2D eigenvalue weighted by Crippen LogP contribution is 2.14. The van der Waals surface area contributed by atoms with E-state index in [1.807, 2.05) is 24.3 Å². The average Bonchev–Trinajstić information content (AvgIpc) is 2.75. The standard InChI is InChI=1S/C12H13BrFNO2/c13-9-3-1-8(2-4-9)7-17-12(16)11-5-10(14)6-15-11/h1-4,10-11,15H,5-7H2/t10-,11-/m0/s1. The SMILES string of the molecule is O=C(OCc1ccc(Br)cc1)[C@@H]1C[C@H](F)CN1. The molecule has 1 fully saturated rings. The molecule has 0 bridgehead atoms. The fourth-order valence-electron chi connectivity index (χ4n) is 1.71. The van der Waals surface area contributed by atoms with Crippen molar-refractivity contribution in [1.29, 1.82) is 0 Å². The molecule has 0 radical (unpaired) electrons. The summed E-state index contributed by atoms with van der Waals surface area (Å²) in [6.45, 7) is 0.458. The Labute approximate surface area is 107 Å². The van der Waals surface area contributed by atoms with E-state index in [1.54, 1.807) is 0 Å². The third-order valence-electron chi connectivity index (χ3n) is 2.66. The van der Waals surface area contributed by atoms with Gasteiger partial charge < -0.3 is 10.1 Å². The second kappa shape index (κ2) is 5.60. The van der Waals surface area contributed by atoms with E-state index in [4.69, 9.17) is 4.74 Å². The van der Waals surface area contributed by atoms with Crippen LogP contribution in [0.3, 0.4) is 0 Å². The molecule has 1 heterocycles. The smallest absolute Gasteiger partial charge is 0.323 e. The zero-order valence-corrected chi connectivity index (χ0v) is 10.7. The number of hydrogen-bond acceptors (Lipinski definition) is 3. The zero-order chi connectivity index (χ0) is 12.3. The molecule has 0 saturated carbocycles. The molecule has 17 heavy (non-hydrogen) atoms. The largest absolute Gasteiger partial charge is 0.460 e. The minimum atomic E-state index is -0.944. The normalized spacial score (nSPS) is 23.6. The summed E-state index contributed by atoms with van der Waals surface area (Å²) in [7, 11) is 0. The van der Waals surface area contributed by atoms with Crippen LogP contribution in [0.2, 0.25) is 0 Å². The van der Waals surface area contributed by atoms with Crippen LogP contribution in [0.5, 0.6) is 0 Å². The molecule has 0 aromatic heterocycles. The highest BCUT2D eigenvalue weighted by molar-refractivity contribution is 9.10. The van der Waals surface area contributed by atoms with E-state index < -0.39 is 12.2 Å². The number of hydrogen-bond donors (Lipinski definition) is 1. The van der Waals surface area contributed by atoms with Gasteiger partial charge in [-0.15, -0.1) is 0 Å². The van der Waals surface area contributed by atoms with Crippen molar-refractivity contribution < 1.29 is 13.9 Å². The average molecular weight is 302 g/mol. The number of halogens is 2. The monoisotopic (exact) mass is 301 g/mol. The lowest BCUT2D eigenvalue weighted by Gasteiger charge is -2.10. The Hall–Kier alpha value is -0.940. The number of esters is 1. The molecule has 3 nitrogen and oxygen atoms in total. The first kappa shape index (κ1) is 12.5. The van der Waals surface area contributed by atoms with E-state index in [0.717, 1.165) is 10.0 Å². The van der Waals surface area contributed by atoms with Crippen LogP contribution in [0.15, 0.2) is 28.7 Å². The minimum Gasteiger partial charge on any atom is -0.460 e. The summed E-state index contributed by atoms with van der Waals surface area (Å²) in [6, 6.07) is 7.01. The number of benzene rings is 1. The summed E-state index contributed by atoms with van der Waals surface area (Å²) in [5.41, 5.74) is 0.913. The molecule has 1 aliphatic rings. The van der Waals surface area contributed by atoms with Gasteiger partial charge in [0.15, 0.2) is 0 Å². The van der Waals surface area contributed by atoms with Crippen LogP contribution >= 0.6 is 15.9 Å². The summed E-state index contributed by atoms with van der Waals surface area (Å²) in [6.07, 6.45) is -0.737. The van der Waals surface area contributed by atoms with E-state index >= 15 is 0 Å². The van der Waals surface area contributed by atoms with Crippen molar-refractivity contribution in [2.75, 3.05) is 6.54 Å². The molecule has 1 aromatic carbocycles. The van der Waals surface area contributed by atoms with Crippen molar-refractivity contribution in [3.8, 4) is 0 Å². The Bertz CT molecular complexity index is 396. The van der Waals surface area contributed by atoms with Crippen molar-refractivity contribution in [3.63, 3.8) is 0 Å². The van der Waals surface area contributed by atoms with Gasteiger partial charge in [-0.25, -0.2) is 4.39 Å². The van der Waals surface area contributed by atoms with E-state index in [-0.39, 0.29) is 25.5 Å². The van der Waals surface area contributed by atoms with Gasteiger partial charge in [0.1, 0.15) is 18.8 Å². The summed E-state index contributed by atoms with van der Waals surface area (Å²) in [4.78, 5) is 11.6. The zero-order valence-electron chi connectivity index (χ0n) is 9.16. The highest BCUT2D eigenvalue weighted by atomic mass is 79.9. The van der Waals surface area contributed by atoms with E-state index in [1.165, 1.54) is 0 Å². The Balaban J connectivity index is 1.82. The molecule has 1 saturated heterocycles. The molecule has 2 rings (SSSR count). The van der Waals surface area contributed by atoms with Gasteiger partial charge in [0, 0.05) is 17.4 Å². The Kier molecular flexibility index (Phi) is 4.12. The third kappa shape index (κ3) is 3.51. The van der Waals surface area contributed by atoms with Gasteiger partial charge in [-0.3, -0.25) is 4.79 Å². The van der Waals surface area contributed by atoms with Gasteiger partial charge in [-0.1, -0.05) is 28.1 Å². The maximum Gasteiger partial charge on any atom is 0.323 e. The Morgan fingerprint density at radius 1 is 1.47 bits per heavy atom. The Morgan fingerprint density at radius 2 is 2.18 bits per heavy atom. The van der Waals surface area contributed by atoms with Crippen molar-refractivity contribution >= 4 is 21.9 Å². The van der Waals surface area contributed by atoms with Crippen LogP contribution < -0.4 is 5.32 Å². The van der Waals surface area contributed by atoms with E-state index in [0.29, 0.717) is 0 Å². The molecule has 1 aliphatic heterocycles. The number of carbonyl (C=O) groups excluding carboxylic acids is 1. The molecule has 1 aromatic rings. The van der Waals surface area contributed by atoms with Crippen LogP contribution in [0.4, 0.5) is 4.39 Å². The molecule has 0 spiro atoms. The number of rotatable bonds is 3. The first-order valence-corrected chi connectivity index (χ1v) is 6.23. The first-order valence-electron chi connectivity index (χ1n) is 5.43. The van der Waals surface area contributed by atoms with Crippen LogP contribution in [-0.4, -0.2) is 24.7 Å². The fourth-order valence-corrected chi connectivity index (χ4v) is 1.97. The van der Waals surface area contributed by atoms with E-state index in [9.17, 15) is 9.18 Å². The molecular formula is C12H13BrFNO2. The summed E-state index contributed by atoms with van der Waals surface area (Å²) < 4.78 is 19.0. The van der Waals surface area contributed by atoms with Gasteiger partial charge in [-0.2, -0.15) is 0 Å². The topological polar surface area (TPSA) is 38.3 Å². The molecule has 92 valence electrons. The number of nitrogens with one attached hydrogen (secondary N) is 1. The van der Waals surface area contributed by atoms with Gasteiger partial charge in [0.2, 0.25) is 0 Å².